The average Bonchev–Trinajstić information content (AvgIpc) is 3.69. The van der Waals surface area contributed by atoms with Crippen LogP contribution in [0.3, 0.4) is 0 Å². The molecule has 1 aliphatic rings. The molecule has 1 saturated carbocycles. The second-order valence-electron chi connectivity index (χ2n) is 8.94. The fourth-order valence-corrected chi connectivity index (χ4v) is 6.06. The van der Waals surface area contributed by atoms with Crippen molar-refractivity contribution in [1.29, 1.82) is 0 Å². The van der Waals surface area contributed by atoms with Crippen LogP contribution in [-0.2, 0) is 16.6 Å². The van der Waals surface area contributed by atoms with Crippen molar-refractivity contribution in [3.63, 3.8) is 0 Å². The van der Waals surface area contributed by atoms with Crippen LogP contribution >= 0.6 is 22.6 Å². The first-order chi connectivity index (χ1) is 17.7. The van der Waals surface area contributed by atoms with Crippen LogP contribution in [0, 0.1) is 16.4 Å². The van der Waals surface area contributed by atoms with Gasteiger partial charge in [-0.1, -0.05) is 0 Å². The van der Waals surface area contributed by atoms with E-state index >= 15 is 0 Å². The quantitative estimate of drug-likeness (QED) is 0.258. The Morgan fingerprint density at radius 1 is 1.22 bits per heavy atom. The molecule has 11 heteroatoms. The van der Waals surface area contributed by atoms with E-state index in [0.29, 0.717) is 23.8 Å². The molecule has 0 radical (unpaired) electrons. The van der Waals surface area contributed by atoms with Crippen molar-refractivity contribution in [3.8, 4) is 5.75 Å². The van der Waals surface area contributed by atoms with Crippen molar-refractivity contribution in [2.45, 2.75) is 31.2 Å². The molecule has 9 nitrogen and oxygen atoms in total. The molecule has 2 aromatic carbocycles. The molecule has 1 aliphatic carbocycles. The van der Waals surface area contributed by atoms with E-state index < -0.39 is 15.9 Å². The number of nitrogens with one attached hydrogen (secondary N) is 1. The number of anilines is 2. The van der Waals surface area contributed by atoms with Gasteiger partial charge < -0.3 is 20.9 Å². The number of nitrogens with zero attached hydrogens (tertiary/aromatic N) is 2. The lowest BCUT2D eigenvalue weighted by atomic mass is 10.1. The molecular weight excluding hydrogens is 607 g/mol. The first kappa shape index (κ1) is 27.3. The number of sulfonamides is 1. The van der Waals surface area contributed by atoms with Crippen LogP contribution in [0.5, 0.6) is 5.75 Å². The van der Waals surface area contributed by atoms with E-state index in [1.54, 1.807) is 24.5 Å². The van der Waals surface area contributed by atoms with Crippen molar-refractivity contribution in [2.24, 2.45) is 11.7 Å². The molecule has 0 aliphatic heterocycles. The summed E-state index contributed by atoms with van der Waals surface area (Å²) in [5, 5.41) is 12.9. The highest BCUT2D eigenvalue weighted by atomic mass is 127. The van der Waals surface area contributed by atoms with Crippen LogP contribution in [0.25, 0.3) is 0 Å². The molecule has 0 atom stereocenters. The fraction of sp³-hybridized carbons (Fsp3) is 0.308. The van der Waals surface area contributed by atoms with Crippen LogP contribution in [0.4, 0.5) is 11.4 Å². The Morgan fingerprint density at radius 3 is 2.57 bits per heavy atom. The SMILES string of the molecule is Cc1cc(I)ccc1Nc1c(C(N)=O)ccc(S(=O)(=O)N(CCO)Cc2ccncc2)c1OCC1CC1. The monoisotopic (exact) mass is 636 g/mol. The number of primary amides is 1. The number of carbonyl (C=O) groups excluding carboxylic acids is 1. The minimum absolute atomic E-state index is 0.0318. The van der Waals surface area contributed by atoms with Gasteiger partial charge in [0, 0.05) is 34.7 Å². The van der Waals surface area contributed by atoms with Gasteiger partial charge in [0.05, 0.1) is 24.5 Å². The van der Waals surface area contributed by atoms with E-state index in [4.69, 9.17) is 10.5 Å². The summed E-state index contributed by atoms with van der Waals surface area (Å²) in [5.74, 6) is -0.347. The first-order valence-corrected chi connectivity index (χ1v) is 14.3. The van der Waals surface area contributed by atoms with E-state index in [1.165, 1.54) is 16.4 Å². The van der Waals surface area contributed by atoms with E-state index in [9.17, 15) is 18.3 Å². The number of hydrogen-bond acceptors (Lipinski definition) is 7. The number of carbonyl (C=O) groups is 1. The predicted octanol–water partition coefficient (Wildman–Crippen LogP) is 3.81. The number of ether oxygens (including phenoxy) is 1. The Labute approximate surface area is 230 Å². The van der Waals surface area contributed by atoms with Gasteiger partial charge in [0.15, 0.2) is 5.75 Å². The third-order valence-electron chi connectivity index (χ3n) is 6.07. The Morgan fingerprint density at radius 2 is 1.95 bits per heavy atom. The number of nitrogens with two attached hydrogens (primary N) is 1. The molecule has 4 N–H and O–H groups in total. The van der Waals surface area contributed by atoms with Gasteiger partial charge in [-0.25, -0.2) is 8.42 Å². The number of rotatable bonds is 12. The summed E-state index contributed by atoms with van der Waals surface area (Å²) in [6.45, 7) is 1.77. The normalized spacial score (nSPS) is 13.5. The summed E-state index contributed by atoms with van der Waals surface area (Å²) in [6, 6.07) is 11.9. The maximum absolute atomic E-state index is 14.0. The number of halogens is 1. The largest absolute Gasteiger partial charge is 0.490 e. The van der Waals surface area contributed by atoms with Crippen molar-refractivity contribution >= 4 is 49.9 Å². The van der Waals surface area contributed by atoms with Gasteiger partial charge in [0.1, 0.15) is 4.90 Å². The zero-order chi connectivity index (χ0) is 26.6. The maximum Gasteiger partial charge on any atom is 0.250 e. The Bertz CT molecular complexity index is 1380. The summed E-state index contributed by atoms with van der Waals surface area (Å²) < 4.78 is 36.3. The number of aliphatic hydroxyl groups is 1. The average molecular weight is 637 g/mol. The summed E-state index contributed by atoms with van der Waals surface area (Å²) in [4.78, 5) is 16.3. The molecule has 0 bridgehead atoms. The van der Waals surface area contributed by atoms with Crippen LogP contribution in [0.1, 0.15) is 34.3 Å². The number of benzene rings is 2. The van der Waals surface area contributed by atoms with Gasteiger partial charge in [0.2, 0.25) is 10.0 Å². The standard InChI is InChI=1S/C26H29IN4O5S/c1-17-14-20(27)4-6-22(17)30-24-21(26(28)33)5-7-23(25(24)36-16-19-2-3-19)37(34,35)31(12-13-32)15-18-8-10-29-11-9-18/h4-11,14,19,30,32H,2-3,12-13,15-16H2,1H3,(H2,28,33). The Balaban J connectivity index is 1.84. The number of pyridine rings is 1. The molecule has 0 unspecified atom stereocenters. The number of amides is 1. The summed E-state index contributed by atoms with van der Waals surface area (Å²) in [6.07, 6.45) is 5.15. The van der Waals surface area contributed by atoms with E-state index in [1.807, 2.05) is 25.1 Å². The third-order valence-corrected chi connectivity index (χ3v) is 8.61. The van der Waals surface area contributed by atoms with Crippen LogP contribution in [-0.4, -0.2) is 48.5 Å². The van der Waals surface area contributed by atoms with Crippen molar-refractivity contribution in [1.82, 2.24) is 9.29 Å². The van der Waals surface area contributed by atoms with Crippen LogP contribution < -0.4 is 15.8 Å². The smallest absolute Gasteiger partial charge is 0.250 e. The maximum atomic E-state index is 14.0. The molecular formula is C26H29IN4O5S. The molecule has 3 aromatic rings. The van der Waals surface area contributed by atoms with Gasteiger partial charge in [-0.15, -0.1) is 0 Å². The number of aromatic nitrogens is 1. The highest BCUT2D eigenvalue weighted by Crippen LogP contribution is 2.41. The van der Waals surface area contributed by atoms with Gasteiger partial charge >= 0.3 is 0 Å². The first-order valence-electron chi connectivity index (χ1n) is 11.8. The summed E-state index contributed by atoms with van der Waals surface area (Å²) in [5.41, 5.74) is 8.33. The topological polar surface area (TPSA) is 135 Å². The number of hydrogen-bond donors (Lipinski definition) is 3. The lowest BCUT2D eigenvalue weighted by molar-refractivity contribution is 0.100. The van der Waals surface area contributed by atoms with Crippen LogP contribution in [0.2, 0.25) is 0 Å². The second kappa shape index (κ2) is 11.8. The zero-order valence-corrected chi connectivity index (χ0v) is 23.3. The van der Waals surface area contributed by atoms with Gasteiger partial charge in [-0.3, -0.25) is 9.78 Å². The predicted molar refractivity (Wildman–Crippen MR) is 149 cm³/mol. The number of aliphatic hydroxyl groups excluding tert-OH is 1. The zero-order valence-electron chi connectivity index (χ0n) is 20.4. The van der Waals surface area contributed by atoms with E-state index in [2.05, 4.69) is 32.9 Å². The molecule has 1 aromatic heterocycles. The van der Waals surface area contributed by atoms with Crippen molar-refractivity contribution < 1.29 is 23.1 Å². The Hall–Kier alpha value is -2.74. The molecule has 0 spiro atoms. The minimum Gasteiger partial charge on any atom is -0.490 e. The number of aryl methyl sites for hydroxylation is 1. The minimum atomic E-state index is -4.16. The summed E-state index contributed by atoms with van der Waals surface area (Å²) >= 11 is 2.21. The van der Waals surface area contributed by atoms with Crippen molar-refractivity contribution in [3.05, 3.63) is 75.1 Å². The summed E-state index contributed by atoms with van der Waals surface area (Å²) in [7, 11) is -4.16. The van der Waals surface area contributed by atoms with Crippen molar-refractivity contribution in [2.75, 3.05) is 25.1 Å². The Kier molecular flexibility index (Phi) is 8.67. The molecule has 4 rings (SSSR count). The third kappa shape index (κ3) is 6.58. The molecule has 196 valence electrons. The second-order valence-corrected chi connectivity index (χ2v) is 12.1. The van der Waals surface area contributed by atoms with Gasteiger partial charge in [-0.2, -0.15) is 4.31 Å². The van der Waals surface area contributed by atoms with Crippen LogP contribution in [0.15, 0.2) is 59.8 Å². The lowest BCUT2D eigenvalue weighted by Gasteiger charge is -2.25. The van der Waals surface area contributed by atoms with E-state index in [-0.39, 0.29) is 41.6 Å². The van der Waals surface area contributed by atoms with Gasteiger partial charge in [-0.05, 0) is 102 Å². The molecule has 0 saturated heterocycles. The fourth-order valence-electron chi connectivity index (χ4n) is 3.85. The highest BCUT2D eigenvalue weighted by molar-refractivity contribution is 14.1. The lowest BCUT2D eigenvalue weighted by Crippen LogP contribution is -2.33. The molecule has 37 heavy (non-hydrogen) atoms. The molecule has 1 heterocycles. The van der Waals surface area contributed by atoms with Gasteiger partial charge in [0.25, 0.3) is 5.91 Å². The molecule has 1 amide bonds. The van der Waals surface area contributed by atoms with E-state index in [0.717, 1.165) is 22.0 Å². The highest BCUT2D eigenvalue weighted by Gasteiger charge is 2.33. The molecule has 1 fully saturated rings.